The van der Waals surface area contributed by atoms with Gasteiger partial charge in [0.15, 0.2) is 5.65 Å². The number of aromatic nitrogens is 4. The molecule has 3 aromatic carbocycles. The van der Waals surface area contributed by atoms with Crippen LogP contribution >= 0.6 is 0 Å². The zero-order valence-corrected chi connectivity index (χ0v) is 17.8. The first kappa shape index (κ1) is 20.1. The molecule has 32 heavy (non-hydrogen) atoms. The minimum atomic E-state index is -3.92. The average Bonchev–Trinajstić information content (AvgIpc) is 3.25. The first-order valence-electron chi connectivity index (χ1n) is 9.91. The number of para-hydroxylation sites is 1. The standard InChI is InChI=1S/C23H18FN5O2S/c1-15(16-11-13-17(24)14-12-16)25-21-19-9-5-6-10-20(19)29-22(26-21)23(27-28-29)32(30,31)18-7-3-2-4-8-18/h2-15H,1H3,(H,25,26)/t15-/m1/s1. The SMILES string of the molecule is C[C@@H](Nc1nc2c(S(=O)(=O)c3ccccc3)nnn2c2ccccc12)c1ccc(F)cc1. The third-order valence-electron chi connectivity index (χ3n) is 5.25. The molecule has 0 saturated heterocycles. The minimum absolute atomic E-state index is 0.117. The van der Waals surface area contributed by atoms with Crippen LogP contribution in [0.5, 0.6) is 0 Å². The summed E-state index contributed by atoms with van der Waals surface area (Å²) in [7, 11) is -3.92. The highest BCUT2D eigenvalue weighted by atomic mass is 32.2. The van der Waals surface area contributed by atoms with Gasteiger partial charge in [-0.15, -0.1) is 5.10 Å². The van der Waals surface area contributed by atoms with E-state index in [0.717, 1.165) is 10.9 Å². The lowest BCUT2D eigenvalue weighted by atomic mass is 10.1. The van der Waals surface area contributed by atoms with Crippen LogP contribution in [0.2, 0.25) is 0 Å². The Morgan fingerprint density at radius 3 is 2.38 bits per heavy atom. The molecule has 5 rings (SSSR count). The van der Waals surface area contributed by atoms with Crippen molar-refractivity contribution >= 4 is 32.2 Å². The zero-order valence-electron chi connectivity index (χ0n) is 17.0. The molecule has 0 aliphatic rings. The van der Waals surface area contributed by atoms with Crippen LogP contribution in [0, 0.1) is 5.82 Å². The van der Waals surface area contributed by atoms with Gasteiger partial charge in [-0.3, -0.25) is 0 Å². The van der Waals surface area contributed by atoms with E-state index in [1.165, 1.54) is 28.8 Å². The molecule has 0 aliphatic heterocycles. The Balaban J connectivity index is 1.68. The van der Waals surface area contributed by atoms with Crippen LogP contribution in [-0.2, 0) is 9.84 Å². The molecular weight excluding hydrogens is 429 g/mol. The highest BCUT2D eigenvalue weighted by Gasteiger charge is 2.27. The summed E-state index contributed by atoms with van der Waals surface area (Å²) in [6.07, 6.45) is 0. The Bertz CT molecular complexity index is 1530. The summed E-state index contributed by atoms with van der Waals surface area (Å²) in [5.41, 5.74) is 1.65. The minimum Gasteiger partial charge on any atom is -0.363 e. The predicted molar refractivity (Wildman–Crippen MR) is 119 cm³/mol. The van der Waals surface area contributed by atoms with Gasteiger partial charge in [0.05, 0.1) is 10.4 Å². The van der Waals surface area contributed by atoms with E-state index < -0.39 is 9.84 Å². The Hall–Kier alpha value is -3.85. The van der Waals surface area contributed by atoms with Crippen LogP contribution in [-0.4, -0.2) is 28.2 Å². The number of fused-ring (bicyclic) bond motifs is 3. The molecule has 0 saturated carbocycles. The second-order valence-corrected chi connectivity index (χ2v) is 9.21. The number of nitrogens with one attached hydrogen (secondary N) is 1. The molecule has 9 heteroatoms. The summed E-state index contributed by atoms with van der Waals surface area (Å²) in [4.78, 5) is 4.73. The van der Waals surface area contributed by atoms with Crippen molar-refractivity contribution in [2.75, 3.05) is 5.32 Å². The smallest absolute Gasteiger partial charge is 0.229 e. The molecule has 5 aromatic rings. The number of sulfone groups is 1. The van der Waals surface area contributed by atoms with Gasteiger partial charge in [0, 0.05) is 11.4 Å². The van der Waals surface area contributed by atoms with Crippen molar-refractivity contribution in [1.82, 2.24) is 19.8 Å². The van der Waals surface area contributed by atoms with Crippen LogP contribution in [0.25, 0.3) is 16.6 Å². The Labute approximate surface area is 183 Å². The van der Waals surface area contributed by atoms with Crippen molar-refractivity contribution in [2.24, 2.45) is 0 Å². The molecule has 160 valence electrons. The zero-order chi connectivity index (χ0) is 22.3. The number of anilines is 1. The van der Waals surface area contributed by atoms with E-state index in [-0.39, 0.29) is 27.4 Å². The molecule has 0 aliphatic carbocycles. The summed E-state index contributed by atoms with van der Waals surface area (Å²) in [5.74, 6) is 0.170. The summed E-state index contributed by atoms with van der Waals surface area (Å²) in [6, 6.07) is 21.4. The fraction of sp³-hybridized carbons (Fsp3) is 0.0870. The van der Waals surface area contributed by atoms with Crippen LogP contribution in [0.4, 0.5) is 10.2 Å². The largest absolute Gasteiger partial charge is 0.363 e. The van der Waals surface area contributed by atoms with Crippen molar-refractivity contribution in [3.63, 3.8) is 0 Å². The molecule has 0 radical (unpaired) electrons. The monoisotopic (exact) mass is 447 g/mol. The van der Waals surface area contributed by atoms with Gasteiger partial charge in [-0.2, -0.15) is 4.52 Å². The first-order valence-corrected chi connectivity index (χ1v) is 11.4. The lowest BCUT2D eigenvalue weighted by Crippen LogP contribution is -2.10. The number of rotatable bonds is 5. The van der Waals surface area contributed by atoms with E-state index in [0.29, 0.717) is 11.3 Å². The van der Waals surface area contributed by atoms with Gasteiger partial charge < -0.3 is 5.32 Å². The fourth-order valence-corrected chi connectivity index (χ4v) is 4.84. The molecule has 0 unspecified atom stereocenters. The van der Waals surface area contributed by atoms with E-state index in [1.807, 2.05) is 31.2 Å². The lowest BCUT2D eigenvalue weighted by molar-refractivity contribution is 0.592. The normalized spacial score (nSPS) is 12.8. The molecule has 1 atom stereocenters. The van der Waals surface area contributed by atoms with E-state index in [1.54, 1.807) is 30.3 Å². The van der Waals surface area contributed by atoms with Crippen molar-refractivity contribution in [1.29, 1.82) is 0 Å². The lowest BCUT2D eigenvalue weighted by Gasteiger charge is -2.17. The fourth-order valence-electron chi connectivity index (χ4n) is 3.58. The molecule has 7 nitrogen and oxygen atoms in total. The van der Waals surface area contributed by atoms with Gasteiger partial charge in [-0.1, -0.05) is 47.7 Å². The maximum Gasteiger partial charge on any atom is 0.229 e. The third kappa shape index (κ3) is 3.36. The predicted octanol–water partition coefficient (Wildman–Crippen LogP) is 4.42. The quantitative estimate of drug-likeness (QED) is 0.429. The first-order chi connectivity index (χ1) is 15.4. The molecule has 1 N–H and O–H groups in total. The van der Waals surface area contributed by atoms with Crippen LogP contribution in [0.15, 0.2) is 88.8 Å². The van der Waals surface area contributed by atoms with Gasteiger partial charge in [0.25, 0.3) is 0 Å². The van der Waals surface area contributed by atoms with Crippen molar-refractivity contribution in [3.05, 3.63) is 90.2 Å². The molecule has 2 aromatic heterocycles. The maximum atomic E-state index is 13.3. The van der Waals surface area contributed by atoms with E-state index in [4.69, 9.17) is 0 Å². The highest BCUT2D eigenvalue weighted by Crippen LogP contribution is 2.29. The summed E-state index contributed by atoms with van der Waals surface area (Å²) in [6.45, 7) is 1.92. The number of benzene rings is 3. The summed E-state index contributed by atoms with van der Waals surface area (Å²) >= 11 is 0. The Morgan fingerprint density at radius 1 is 0.938 bits per heavy atom. The number of nitrogens with zero attached hydrogens (tertiary/aromatic N) is 4. The molecular formula is C23H18FN5O2S. The molecule has 0 bridgehead atoms. The summed E-state index contributed by atoms with van der Waals surface area (Å²) in [5, 5.41) is 11.9. The van der Waals surface area contributed by atoms with Gasteiger partial charge in [0.2, 0.25) is 14.9 Å². The molecule has 2 heterocycles. The van der Waals surface area contributed by atoms with E-state index in [9.17, 15) is 12.8 Å². The van der Waals surface area contributed by atoms with Crippen molar-refractivity contribution in [3.8, 4) is 0 Å². The Kier molecular flexibility index (Phi) is 4.82. The van der Waals surface area contributed by atoms with Gasteiger partial charge in [-0.05, 0) is 48.9 Å². The second-order valence-electron chi connectivity index (χ2n) is 7.34. The van der Waals surface area contributed by atoms with E-state index >= 15 is 0 Å². The van der Waals surface area contributed by atoms with Gasteiger partial charge in [0.1, 0.15) is 11.6 Å². The number of hydrogen-bond donors (Lipinski definition) is 1. The Morgan fingerprint density at radius 2 is 1.62 bits per heavy atom. The maximum absolute atomic E-state index is 13.3. The van der Waals surface area contributed by atoms with Gasteiger partial charge >= 0.3 is 0 Å². The van der Waals surface area contributed by atoms with Crippen LogP contribution < -0.4 is 5.32 Å². The second kappa shape index (κ2) is 7.69. The van der Waals surface area contributed by atoms with E-state index in [2.05, 4.69) is 20.6 Å². The number of halogens is 1. The molecule has 0 amide bonds. The van der Waals surface area contributed by atoms with Gasteiger partial charge in [-0.25, -0.2) is 17.8 Å². The van der Waals surface area contributed by atoms with Crippen LogP contribution in [0.1, 0.15) is 18.5 Å². The average molecular weight is 447 g/mol. The van der Waals surface area contributed by atoms with Crippen LogP contribution in [0.3, 0.4) is 0 Å². The molecule has 0 fully saturated rings. The topological polar surface area (TPSA) is 89.2 Å². The van der Waals surface area contributed by atoms with Crippen molar-refractivity contribution in [2.45, 2.75) is 22.9 Å². The van der Waals surface area contributed by atoms with Crippen molar-refractivity contribution < 1.29 is 12.8 Å². The highest BCUT2D eigenvalue weighted by molar-refractivity contribution is 7.91. The third-order valence-corrected chi connectivity index (χ3v) is 6.92. The number of hydrogen-bond acceptors (Lipinski definition) is 6. The summed E-state index contributed by atoms with van der Waals surface area (Å²) < 4.78 is 41.2. The molecule has 0 spiro atoms.